The van der Waals surface area contributed by atoms with E-state index in [1.54, 1.807) is 6.07 Å². The van der Waals surface area contributed by atoms with Crippen molar-refractivity contribution in [1.82, 2.24) is 4.98 Å². The van der Waals surface area contributed by atoms with Gasteiger partial charge in [0.15, 0.2) is 5.69 Å². The molecule has 0 bridgehead atoms. The Labute approximate surface area is 95.5 Å². The van der Waals surface area contributed by atoms with Gasteiger partial charge in [0.2, 0.25) is 0 Å². The minimum atomic E-state index is 0.121. The van der Waals surface area contributed by atoms with E-state index >= 15 is 0 Å². The molecule has 2 rings (SSSR count). The van der Waals surface area contributed by atoms with Gasteiger partial charge in [0.1, 0.15) is 11.9 Å². The molecule has 1 aliphatic carbocycles. The summed E-state index contributed by atoms with van der Waals surface area (Å²) in [5.74, 6) is 0.746. The van der Waals surface area contributed by atoms with E-state index in [1.165, 1.54) is 12.8 Å². The minimum absolute atomic E-state index is 0.121. The summed E-state index contributed by atoms with van der Waals surface area (Å²) >= 11 is 0. The van der Waals surface area contributed by atoms with Crippen LogP contribution < -0.4 is 11.1 Å². The first-order valence-corrected chi connectivity index (χ1v) is 5.58. The quantitative estimate of drug-likeness (QED) is 0.795. The monoisotopic (exact) mass is 216 g/mol. The molecular weight excluding hydrogens is 200 g/mol. The summed E-state index contributed by atoms with van der Waals surface area (Å²) in [4.78, 5) is 4.20. The maximum absolute atomic E-state index is 8.85. The van der Waals surface area contributed by atoms with Gasteiger partial charge in [0.05, 0.1) is 5.69 Å². The van der Waals surface area contributed by atoms with E-state index < -0.39 is 0 Å². The standard InChI is InChI=1S/C12H16N4/c1-12(6-2-3-7-12)16-11-5-4-9(14)10(8-13)15-11/h4-5H,2-3,6-7,14H2,1H3,(H,15,16). The molecule has 1 aromatic heterocycles. The SMILES string of the molecule is CC1(Nc2ccc(N)c(C#N)n2)CCCC1. The molecule has 4 nitrogen and oxygen atoms in total. The normalized spacial score (nSPS) is 18.0. The highest BCUT2D eigenvalue weighted by atomic mass is 15.1. The first-order chi connectivity index (χ1) is 7.63. The number of nitrogens with one attached hydrogen (secondary N) is 1. The fourth-order valence-corrected chi connectivity index (χ4v) is 2.22. The molecule has 0 unspecified atom stereocenters. The molecule has 0 saturated heterocycles. The molecule has 4 heteroatoms. The highest BCUT2D eigenvalue weighted by Crippen LogP contribution is 2.32. The van der Waals surface area contributed by atoms with Crippen LogP contribution in [0.25, 0.3) is 0 Å². The zero-order valence-corrected chi connectivity index (χ0v) is 9.45. The molecule has 0 aromatic carbocycles. The van der Waals surface area contributed by atoms with Crippen molar-refractivity contribution in [3.8, 4) is 6.07 Å². The Morgan fingerprint density at radius 2 is 2.12 bits per heavy atom. The molecule has 3 N–H and O–H groups in total. The molecule has 0 amide bonds. The van der Waals surface area contributed by atoms with E-state index in [0.717, 1.165) is 18.7 Å². The van der Waals surface area contributed by atoms with Crippen molar-refractivity contribution in [2.24, 2.45) is 0 Å². The smallest absolute Gasteiger partial charge is 0.165 e. The fourth-order valence-electron chi connectivity index (χ4n) is 2.22. The number of nitriles is 1. The van der Waals surface area contributed by atoms with E-state index in [1.807, 2.05) is 12.1 Å². The van der Waals surface area contributed by atoms with Crippen LogP contribution in [-0.4, -0.2) is 10.5 Å². The van der Waals surface area contributed by atoms with Crippen LogP contribution in [0.4, 0.5) is 11.5 Å². The van der Waals surface area contributed by atoms with Gasteiger partial charge in [-0.15, -0.1) is 0 Å². The third-order valence-corrected chi connectivity index (χ3v) is 3.17. The van der Waals surface area contributed by atoms with Crippen LogP contribution in [-0.2, 0) is 0 Å². The van der Waals surface area contributed by atoms with Gasteiger partial charge in [-0.2, -0.15) is 5.26 Å². The summed E-state index contributed by atoms with van der Waals surface area (Å²) in [6.45, 7) is 2.20. The van der Waals surface area contributed by atoms with Crippen molar-refractivity contribution in [2.45, 2.75) is 38.1 Å². The van der Waals surface area contributed by atoms with Crippen LogP contribution >= 0.6 is 0 Å². The van der Waals surface area contributed by atoms with Gasteiger partial charge >= 0.3 is 0 Å². The number of hydrogen-bond acceptors (Lipinski definition) is 4. The lowest BCUT2D eigenvalue weighted by atomic mass is 10.0. The molecule has 84 valence electrons. The first-order valence-electron chi connectivity index (χ1n) is 5.58. The summed E-state index contributed by atoms with van der Waals surface area (Å²) in [7, 11) is 0. The lowest BCUT2D eigenvalue weighted by Gasteiger charge is -2.26. The predicted molar refractivity (Wildman–Crippen MR) is 63.9 cm³/mol. The fraction of sp³-hybridized carbons (Fsp3) is 0.500. The van der Waals surface area contributed by atoms with Gasteiger partial charge in [0, 0.05) is 5.54 Å². The summed E-state index contributed by atoms with van der Waals surface area (Å²) in [6.07, 6.45) is 4.81. The molecule has 0 aliphatic heterocycles. The van der Waals surface area contributed by atoms with E-state index in [4.69, 9.17) is 11.0 Å². The van der Waals surface area contributed by atoms with Crippen molar-refractivity contribution < 1.29 is 0 Å². The van der Waals surface area contributed by atoms with Crippen molar-refractivity contribution in [1.29, 1.82) is 5.26 Å². The molecule has 1 aliphatic rings. The molecule has 0 atom stereocenters. The van der Waals surface area contributed by atoms with E-state index in [0.29, 0.717) is 11.4 Å². The number of nitrogens with zero attached hydrogens (tertiary/aromatic N) is 2. The van der Waals surface area contributed by atoms with Crippen LogP contribution in [0.15, 0.2) is 12.1 Å². The van der Waals surface area contributed by atoms with E-state index in [2.05, 4.69) is 17.2 Å². The number of nitrogen functional groups attached to an aromatic ring is 1. The Morgan fingerprint density at radius 1 is 1.44 bits per heavy atom. The van der Waals surface area contributed by atoms with Gasteiger partial charge in [-0.3, -0.25) is 0 Å². The molecule has 1 aromatic rings. The van der Waals surface area contributed by atoms with E-state index in [9.17, 15) is 0 Å². The molecule has 16 heavy (non-hydrogen) atoms. The topological polar surface area (TPSA) is 74.7 Å². The molecule has 0 radical (unpaired) electrons. The van der Waals surface area contributed by atoms with E-state index in [-0.39, 0.29) is 5.54 Å². The first kappa shape index (κ1) is 10.7. The maximum atomic E-state index is 8.85. The second-order valence-electron chi connectivity index (χ2n) is 4.64. The largest absolute Gasteiger partial charge is 0.396 e. The summed E-state index contributed by atoms with van der Waals surface area (Å²) in [5.41, 5.74) is 6.48. The number of pyridine rings is 1. The van der Waals surface area contributed by atoms with Gasteiger partial charge in [-0.05, 0) is 31.9 Å². The lowest BCUT2D eigenvalue weighted by Crippen LogP contribution is -2.31. The summed E-state index contributed by atoms with van der Waals surface area (Å²) in [6, 6.07) is 5.56. The Kier molecular flexibility index (Phi) is 2.69. The second kappa shape index (κ2) is 4.01. The van der Waals surface area contributed by atoms with Gasteiger partial charge < -0.3 is 11.1 Å². The zero-order valence-electron chi connectivity index (χ0n) is 9.45. The number of aromatic nitrogens is 1. The molecule has 0 spiro atoms. The van der Waals surface area contributed by atoms with Crippen LogP contribution in [0.2, 0.25) is 0 Å². The number of nitrogens with two attached hydrogens (primary N) is 1. The predicted octanol–water partition coefficient (Wildman–Crippen LogP) is 2.28. The third kappa shape index (κ3) is 2.08. The molecule has 1 saturated carbocycles. The maximum Gasteiger partial charge on any atom is 0.165 e. The lowest BCUT2D eigenvalue weighted by molar-refractivity contribution is 0.531. The Morgan fingerprint density at radius 3 is 2.75 bits per heavy atom. The molecule has 1 heterocycles. The Bertz CT molecular complexity index is 427. The van der Waals surface area contributed by atoms with Crippen molar-refractivity contribution in [3.63, 3.8) is 0 Å². The molecule has 1 fully saturated rings. The summed E-state index contributed by atoms with van der Waals surface area (Å²) in [5, 5.41) is 12.2. The van der Waals surface area contributed by atoms with Gasteiger partial charge in [-0.1, -0.05) is 12.8 Å². The third-order valence-electron chi connectivity index (χ3n) is 3.17. The van der Waals surface area contributed by atoms with Crippen LogP contribution in [0, 0.1) is 11.3 Å². The molecular formula is C12H16N4. The van der Waals surface area contributed by atoms with Crippen molar-refractivity contribution in [3.05, 3.63) is 17.8 Å². The average Bonchev–Trinajstić information content (AvgIpc) is 2.68. The van der Waals surface area contributed by atoms with Crippen molar-refractivity contribution in [2.75, 3.05) is 11.1 Å². The number of rotatable bonds is 2. The number of anilines is 2. The highest BCUT2D eigenvalue weighted by Gasteiger charge is 2.28. The van der Waals surface area contributed by atoms with Crippen LogP contribution in [0.3, 0.4) is 0 Å². The number of hydrogen-bond donors (Lipinski definition) is 2. The van der Waals surface area contributed by atoms with Gasteiger partial charge in [-0.25, -0.2) is 4.98 Å². The minimum Gasteiger partial charge on any atom is -0.396 e. The van der Waals surface area contributed by atoms with Crippen LogP contribution in [0.5, 0.6) is 0 Å². The van der Waals surface area contributed by atoms with Gasteiger partial charge in [0.25, 0.3) is 0 Å². The van der Waals surface area contributed by atoms with Crippen molar-refractivity contribution >= 4 is 11.5 Å². The van der Waals surface area contributed by atoms with Crippen LogP contribution in [0.1, 0.15) is 38.3 Å². The Hall–Kier alpha value is -1.76. The average molecular weight is 216 g/mol. The highest BCUT2D eigenvalue weighted by molar-refractivity contribution is 5.55. The second-order valence-corrected chi connectivity index (χ2v) is 4.64. The summed E-state index contributed by atoms with van der Waals surface area (Å²) < 4.78 is 0. The zero-order chi connectivity index (χ0) is 11.6. The Balaban J connectivity index is 2.19.